The van der Waals surface area contributed by atoms with E-state index in [-0.39, 0.29) is 20.4 Å². The van der Waals surface area contributed by atoms with Gasteiger partial charge in [-0.2, -0.15) is 6.67 Å². The topological polar surface area (TPSA) is 6.48 Å². The van der Waals surface area contributed by atoms with E-state index in [2.05, 4.69) is 108 Å². The zero-order chi connectivity index (χ0) is 21.3. The van der Waals surface area contributed by atoms with Crippen LogP contribution < -0.4 is 9.80 Å². The smallest absolute Gasteiger partial charge is 0.502 e. The van der Waals surface area contributed by atoms with E-state index < -0.39 is 0 Å². The summed E-state index contributed by atoms with van der Waals surface area (Å²) in [6.07, 6.45) is 0. The molecular weight excluding hydrogens is 459 g/mol. The predicted molar refractivity (Wildman–Crippen MR) is 128 cm³/mol. The normalized spacial score (nSPS) is 14.4. The van der Waals surface area contributed by atoms with Gasteiger partial charge in [0.1, 0.15) is 0 Å². The molecule has 0 aliphatic carbocycles. The van der Waals surface area contributed by atoms with Crippen molar-refractivity contribution in [3.8, 4) is 0 Å². The Kier molecular flexibility index (Phi) is 8.61. The first kappa shape index (κ1) is 25.0. The molecule has 2 nitrogen and oxygen atoms in total. The van der Waals surface area contributed by atoms with Gasteiger partial charge in [-0.1, -0.05) is 91.8 Å². The van der Waals surface area contributed by atoms with Gasteiger partial charge in [-0.15, -0.1) is 0 Å². The number of anilines is 2. The minimum absolute atomic E-state index is 0. The van der Waals surface area contributed by atoms with Gasteiger partial charge in [0.2, 0.25) is 0 Å². The number of benzene rings is 2. The monoisotopic (exact) mass is 497 g/mol. The molecule has 0 bridgehead atoms. The van der Waals surface area contributed by atoms with Crippen molar-refractivity contribution >= 4 is 11.4 Å². The molecule has 0 amide bonds. The second-order valence-corrected chi connectivity index (χ2v) is 9.69. The van der Waals surface area contributed by atoms with Gasteiger partial charge in [0.25, 0.3) is 0 Å². The summed E-state index contributed by atoms with van der Waals surface area (Å²) in [4.78, 5) is 5.01. The van der Waals surface area contributed by atoms with E-state index in [1.807, 2.05) is 0 Å². The first-order valence-electron chi connectivity index (χ1n) is 11.4. The third-order valence-corrected chi connectivity index (χ3v) is 6.12. The maximum absolute atomic E-state index is 2.51. The third-order valence-electron chi connectivity index (χ3n) is 6.12. The van der Waals surface area contributed by atoms with Crippen LogP contribution in [0.4, 0.5) is 11.4 Å². The van der Waals surface area contributed by atoms with E-state index in [0.717, 1.165) is 13.1 Å². The minimum atomic E-state index is 0. The molecule has 166 valence electrons. The first-order chi connectivity index (χ1) is 13.7. The number of rotatable bonds is 6. The van der Waals surface area contributed by atoms with Gasteiger partial charge in [-0.3, -0.25) is 0 Å². The summed E-state index contributed by atoms with van der Waals surface area (Å²) in [7, 11) is 0. The van der Waals surface area contributed by atoms with E-state index in [4.69, 9.17) is 0 Å². The molecule has 1 aliphatic heterocycles. The van der Waals surface area contributed by atoms with Crippen LogP contribution in [0, 0.1) is 6.67 Å². The molecule has 1 fully saturated rings. The van der Waals surface area contributed by atoms with Gasteiger partial charge in [0.05, 0.1) is 0 Å². The molecule has 1 saturated heterocycles. The fourth-order valence-corrected chi connectivity index (χ4v) is 4.53. The van der Waals surface area contributed by atoms with Crippen molar-refractivity contribution in [2.24, 2.45) is 0 Å². The van der Waals surface area contributed by atoms with Crippen molar-refractivity contribution in [3.05, 3.63) is 65.3 Å². The molecule has 30 heavy (non-hydrogen) atoms. The molecule has 1 heterocycles. The fraction of sp³-hybridized carbons (Fsp3) is 0.519. The number of nitrogens with zero attached hydrogens (tertiary/aromatic N) is 2. The first-order valence-corrected chi connectivity index (χ1v) is 11.4. The SMILES string of the molecule is CC(C)c1cccc(C(C)C)c1N1[CH-]N(c2c(C(C)C)cccc2C(C)C)CC1.[Pd+2]. The van der Waals surface area contributed by atoms with Crippen molar-refractivity contribution in [2.75, 3.05) is 22.9 Å². The van der Waals surface area contributed by atoms with Gasteiger partial charge in [0.15, 0.2) is 0 Å². The van der Waals surface area contributed by atoms with Crippen molar-refractivity contribution in [1.82, 2.24) is 0 Å². The molecule has 0 spiro atoms. The fourth-order valence-electron chi connectivity index (χ4n) is 4.53. The summed E-state index contributed by atoms with van der Waals surface area (Å²) < 4.78 is 0. The van der Waals surface area contributed by atoms with Crippen LogP contribution in [0.5, 0.6) is 0 Å². The Labute approximate surface area is 198 Å². The van der Waals surface area contributed by atoms with Crippen molar-refractivity contribution in [2.45, 2.75) is 79.1 Å². The standard InChI is InChI=1S/C27H39N2.Pd/c1-18(2)22-11-9-12-23(19(3)4)26(22)28-15-16-29(17-28)27-24(20(5)6)13-10-14-25(27)21(7)8;/h9-14,17-21H,15-16H2,1-8H3;/q-1;+2. The Hall–Kier alpha value is -1.30. The van der Waals surface area contributed by atoms with Gasteiger partial charge >= 0.3 is 20.4 Å². The summed E-state index contributed by atoms with van der Waals surface area (Å²) in [5.74, 6) is 2.06. The quantitative estimate of drug-likeness (QED) is 0.299. The molecule has 3 rings (SSSR count). The van der Waals surface area contributed by atoms with Crippen LogP contribution in [0.2, 0.25) is 0 Å². The Morgan fingerprint density at radius 2 is 0.833 bits per heavy atom. The zero-order valence-corrected chi connectivity index (χ0v) is 21.5. The van der Waals surface area contributed by atoms with Crippen LogP contribution in [0.3, 0.4) is 0 Å². The van der Waals surface area contributed by atoms with Crippen LogP contribution in [-0.2, 0) is 20.4 Å². The maximum atomic E-state index is 2.51. The number of hydrogen-bond acceptors (Lipinski definition) is 2. The van der Waals surface area contributed by atoms with Gasteiger partial charge in [0, 0.05) is 24.5 Å². The molecule has 0 N–H and O–H groups in total. The molecule has 2 aromatic rings. The Morgan fingerprint density at radius 3 is 1.07 bits per heavy atom. The van der Waals surface area contributed by atoms with Crippen LogP contribution in [-0.4, -0.2) is 13.1 Å². The largest absolute Gasteiger partial charge is 2.00 e. The van der Waals surface area contributed by atoms with Crippen LogP contribution in [0.1, 0.15) is 101 Å². The molecule has 0 saturated carbocycles. The Balaban J connectivity index is 0.00000320. The van der Waals surface area contributed by atoms with Gasteiger partial charge < -0.3 is 9.80 Å². The summed E-state index contributed by atoms with van der Waals surface area (Å²) in [6, 6.07) is 13.7. The summed E-state index contributed by atoms with van der Waals surface area (Å²) in [6.45, 7) is 22.9. The Morgan fingerprint density at radius 1 is 0.567 bits per heavy atom. The summed E-state index contributed by atoms with van der Waals surface area (Å²) in [5, 5.41) is 0. The average Bonchev–Trinajstić information content (AvgIpc) is 3.15. The second-order valence-electron chi connectivity index (χ2n) is 9.69. The van der Waals surface area contributed by atoms with Crippen molar-refractivity contribution < 1.29 is 20.4 Å². The van der Waals surface area contributed by atoms with Gasteiger partial charge in [-0.25, -0.2) is 0 Å². The summed E-state index contributed by atoms with van der Waals surface area (Å²) >= 11 is 0. The number of para-hydroxylation sites is 2. The maximum Gasteiger partial charge on any atom is 2.00 e. The van der Waals surface area contributed by atoms with Crippen LogP contribution >= 0.6 is 0 Å². The van der Waals surface area contributed by atoms with Crippen LogP contribution in [0.25, 0.3) is 0 Å². The third kappa shape index (κ3) is 4.95. The second kappa shape index (κ2) is 10.3. The molecule has 2 aromatic carbocycles. The van der Waals surface area contributed by atoms with E-state index in [1.165, 1.54) is 33.6 Å². The van der Waals surface area contributed by atoms with E-state index in [0.29, 0.717) is 23.7 Å². The summed E-state index contributed by atoms with van der Waals surface area (Å²) in [5.41, 5.74) is 8.67. The van der Waals surface area contributed by atoms with Crippen molar-refractivity contribution in [3.63, 3.8) is 0 Å². The molecule has 0 aromatic heterocycles. The molecule has 0 radical (unpaired) electrons. The molecule has 1 aliphatic rings. The molecule has 0 unspecified atom stereocenters. The van der Waals surface area contributed by atoms with E-state index >= 15 is 0 Å². The zero-order valence-electron chi connectivity index (χ0n) is 20.0. The van der Waals surface area contributed by atoms with Crippen molar-refractivity contribution in [1.29, 1.82) is 0 Å². The average molecular weight is 498 g/mol. The minimum Gasteiger partial charge on any atom is -0.502 e. The molecular formula is C27H39N2Pd+. The molecule has 0 atom stereocenters. The predicted octanol–water partition coefficient (Wildman–Crippen LogP) is 7.62. The van der Waals surface area contributed by atoms with Gasteiger partial charge in [-0.05, 0) is 45.9 Å². The Bertz CT molecular complexity index is 717. The van der Waals surface area contributed by atoms with Crippen LogP contribution in [0.15, 0.2) is 36.4 Å². The number of hydrogen-bond donors (Lipinski definition) is 0. The van der Waals surface area contributed by atoms with E-state index in [1.54, 1.807) is 0 Å². The van der Waals surface area contributed by atoms with E-state index in [9.17, 15) is 0 Å². The molecule has 3 heteroatoms.